The Hall–Kier alpha value is -2.44. The molecule has 2 saturated heterocycles. The maximum atomic E-state index is 11.5. The van der Waals surface area contributed by atoms with Gasteiger partial charge in [-0.3, -0.25) is 0 Å². The Balaban J connectivity index is 1.52. The maximum Gasteiger partial charge on any atom is 0.187 e. The van der Waals surface area contributed by atoms with Crippen molar-refractivity contribution < 1.29 is 43.0 Å². The maximum absolute atomic E-state index is 11.5. The zero-order valence-corrected chi connectivity index (χ0v) is 24.7. The summed E-state index contributed by atoms with van der Waals surface area (Å²) in [7, 11) is 1.54. The van der Waals surface area contributed by atoms with E-state index in [4.69, 9.17) is 37.9 Å². The molecule has 4 rings (SSSR count). The summed E-state index contributed by atoms with van der Waals surface area (Å²) in [6.45, 7) is 12.5. The van der Waals surface area contributed by atoms with Crippen molar-refractivity contribution in [2.24, 2.45) is 0 Å². The molecule has 2 fully saturated rings. The molecule has 0 aliphatic carbocycles. The van der Waals surface area contributed by atoms with Crippen molar-refractivity contribution in [2.45, 2.75) is 88.5 Å². The highest BCUT2D eigenvalue weighted by molar-refractivity contribution is 5.14. The number of hydrogen-bond donors (Lipinski definition) is 1. The van der Waals surface area contributed by atoms with Crippen LogP contribution in [0.25, 0.3) is 0 Å². The van der Waals surface area contributed by atoms with E-state index in [0.717, 1.165) is 11.1 Å². The highest BCUT2D eigenvalue weighted by Crippen LogP contribution is 2.34. The van der Waals surface area contributed by atoms with Gasteiger partial charge in [0.05, 0.1) is 38.6 Å². The molecule has 10 unspecified atom stereocenters. The molecular formula is C33H44O9. The van der Waals surface area contributed by atoms with Crippen LogP contribution < -0.4 is 0 Å². The molecule has 2 aliphatic rings. The molecule has 2 aliphatic heterocycles. The molecule has 2 aromatic carbocycles. The average Bonchev–Trinajstić information content (AvgIpc) is 3.01. The van der Waals surface area contributed by atoms with Gasteiger partial charge in [0.15, 0.2) is 12.6 Å². The largest absolute Gasteiger partial charge is 0.385 e. The second kappa shape index (κ2) is 16.4. The predicted octanol–water partition coefficient (Wildman–Crippen LogP) is 4.18. The van der Waals surface area contributed by atoms with Crippen LogP contribution in [-0.4, -0.2) is 86.8 Å². The first-order valence-electron chi connectivity index (χ1n) is 14.4. The molecule has 9 heteroatoms. The number of ether oxygens (including phenoxy) is 8. The predicted molar refractivity (Wildman–Crippen MR) is 156 cm³/mol. The first kappa shape index (κ1) is 32.5. The fourth-order valence-electron chi connectivity index (χ4n) is 5.30. The van der Waals surface area contributed by atoms with Crippen molar-refractivity contribution in [3.8, 4) is 0 Å². The first-order chi connectivity index (χ1) is 20.5. The number of benzene rings is 2. The molecule has 1 N–H and O–H groups in total. The molecule has 2 heterocycles. The number of aliphatic hydroxyl groups excluding tert-OH is 1. The molecular weight excluding hydrogens is 540 g/mol. The second-order valence-corrected chi connectivity index (χ2v) is 10.4. The van der Waals surface area contributed by atoms with Crippen molar-refractivity contribution in [1.82, 2.24) is 0 Å². The van der Waals surface area contributed by atoms with Gasteiger partial charge in [0.25, 0.3) is 0 Å². The SMILES string of the molecule is C=CCOC1C(O)C(OC2C(OC)OC(C)C(OCc3ccccc3)C2OCC=C)OC(C)C1OCc1ccccc1. The summed E-state index contributed by atoms with van der Waals surface area (Å²) in [6, 6.07) is 19.7. The van der Waals surface area contributed by atoms with Gasteiger partial charge in [-0.05, 0) is 25.0 Å². The fraction of sp³-hybridized carbons (Fsp3) is 0.515. The van der Waals surface area contributed by atoms with Crippen molar-refractivity contribution in [3.63, 3.8) is 0 Å². The number of rotatable bonds is 15. The number of hydrogen-bond acceptors (Lipinski definition) is 9. The summed E-state index contributed by atoms with van der Waals surface area (Å²) >= 11 is 0. The molecule has 0 spiro atoms. The van der Waals surface area contributed by atoms with E-state index in [1.807, 2.05) is 74.5 Å². The monoisotopic (exact) mass is 584 g/mol. The highest BCUT2D eigenvalue weighted by Gasteiger charge is 2.52. The number of aliphatic hydroxyl groups is 1. The lowest BCUT2D eigenvalue weighted by molar-refractivity contribution is -0.368. The van der Waals surface area contributed by atoms with Gasteiger partial charge >= 0.3 is 0 Å². The van der Waals surface area contributed by atoms with E-state index in [9.17, 15) is 5.11 Å². The normalized spacial score (nSPS) is 33.2. The lowest BCUT2D eigenvalue weighted by atomic mass is 9.97. The standard InChI is InChI=1S/C33H44O9/c1-6-18-36-29-26(34)32(40-22(3)27(29)38-20-24-14-10-8-11-15-24)42-31-30(37-19-7-2)28(23(4)41-33(31)35-5)39-21-25-16-12-9-13-17-25/h6-17,22-23,26-34H,1-2,18-21H2,3-5H3. The van der Waals surface area contributed by atoms with Gasteiger partial charge in [-0.1, -0.05) is 72.8 Å². The van der Waals surface area contributed by atoms with Crippen LogP contribution in [0.15, 0.2) is 86.0 Å². The molecule has 0 radical (unpaired) electrons. The van der Waals surface area contributed by atoms with Crippen LogP contribution in [0.1, 0.15) is 25.0 Å². The van der Waals surface area contributed by atoms with Crippen molar-refractivity contribution in [3.05, 3.63) is 97.1 Å². The summed E-state index contributed by atoms with van der Waals surface area (Å²) in [5.41, 5.74) is 2.02. The quantitative estimate of drug-likeness (QED) is 0.310. The minimum atomic E-state index is -1.19. The van der Waals surface area contributed by atoms with Crippen LogP contribution in [-0.2, 0) is 51.1 Å². The van der Waals surface area contributed by atoms with E-state index in [0.29, 0.717) is 13.2 Å². The van der Waals surface area contributed by atoms with Crippen molar-refractivity contribution in [1.29, 1.82) is 0 Å². The summed E-state index contributed by atoms with van der Waals surface area (Å²) in [6.07, 6.45) is -3.88. The summed E-state index contributed by atoms with van der Waals surface area (Å²) < 4.78 is 49.3. The van der Waals surface area contributed by atoms with E-state index in [2.05, 4.69) is 13.2 Å². The van der Waals surface area contributed by atoms with Gasteiger partial charge in [0, 0.05) is 7.11 Å². The van der Waals surface area contributed by atoms with E-state index < -0.39 is 55.3 Å². The van der Waals surface area contributed by atoms with Crippen LogP contribution in [0.5, 0.6) is 0 Å². The Labute approximate surface area is 248 Å². The van der Waals surface area contributed by atoms with Crippen LogP contribution in [0.2, 0.25) is 0 Å². The lowest BCUT2D eigenvalue weighted by Crippen LogP contribution is -2.64. The summed E-state index contributed by atoms with van der Waals surface area (Å²) in [4.78, 5) is 0. The van der Waals surface area contributed by atoms with Crippen LogP contribution in [0.4, 0.5) is 0 Å². The van der Waals surface area contributed by atoms with Gasteiger partial charge in [-0.2, -0.15) is 0 Å². The van der Waals surface area contributed by atoms with Crippen molar-refractivity contribution >= 4 is 0 Å². The van der Waals surface area contributed by atoms with Crippen LogP contribution >= 0.6 is 0 Å². The zero-order valence-electron chi connectivity index (χ0n) is 24.7. The van der Waals surface area contributed by atoms with Gasteiger partial charge in [0.2, 0.25) is 0 Å². The summed E-state index contributed by atoms with van der Waals surface area (Å²) in [5.74, 6) is 0. The van der Waals surface area contributed by atoms with Crippen LogP contribution in [0, 0.1) is 0 Å². The second-order valence-electron chi connectivity index (χ2n) is 10.4. The minimum Gasteiger partial charge on any atom is -0.385 e. The van der Waals surface area contributed by atoms with Gasteiger partial charge in [-0.15, -0.1) is 13.2 Å². The van der Waals surface area contributed by atoms with Crippen LogP contribution in [0.3, 0.4) is 0 Å². The molecule has 42 heavy (non-hydrogen) atoms. The smallest absolute Gasteiger partial charge is 0.187 e. The molecule has 9 nitrogen and oxygen atoms in total. The molecule has 2 aromatic rings. The Morgan fingerprint density at radius 1 is 0.667 bits per heavy atom. The van der Waals surface area contributed by atoms with E-state index in [-0.39, 0.29) is 19.3 Å². The molecule has 230 valence electrons. The zero-order chi connectivity index (χ0) is 29.9. The van der Waals surface area contributed by atoms with Gasteiger partial charge in [0.1, 0.15) is 36.6 Å². The molecule has 0 amide bonds. The Morgan fingerprint density at radius 2 is 1.14 bits per heavy atom. The molecule has 0 saturated carbocycles. The Morgan fingerprint density at radius 3 is 1.64 bits per heavy atom. The first-order valence-corrected chi connectivity index (χ1v) is 14.4. The molecule has 0 aromatic heterocycles. The van der Waals surface area contributed by atoms with Crippen molar-refractivity contribution in [2.75, 3.05) is 20.3 Å². The lowest BCUT2D eigenvalue weighted by Gasteiger charge is -2.48. The van der Waals surface area contributed by atoms with E-state index >= 15 is 0 Å². The minimum absolute atomic E-state index is 0.220. The molecule has 10 atom stereocenters. The third-order valence-electron chi connectivity index (χ3n) is 7.39. The molecule has 0 bridgehead atoms. The third-order valence-corrected chi connectivity index (χ3v) is 7.39. The number of methoxy groups -OCH3 is 1. The highest BCUT2D eigenvalue weighted by atomic mass is 16.8. The van der Waals surface area contributed by atoms with E-state index in [1.165, 1.54) is 7.11 Å². The summed E-state index contributed by atoms with van der Waals surface area (Å²) in [5, 5.41) is 11.5. The van der Waals surface area contributed by atoms with Gasteiger partial charge in [-0.25, -0.2) is 0 Å². The average molecular weight is 585 g/mol. The van der Waals surface area contributed by atoms with Gasteiger partial charge < -0.3 is 43.0 Å². The fourth-order valence-corrected chi connectivity index (χ4v) is 5.30. The van der Waals surface area contributed by atoms with E-state index in [1.54, 1.807) is 12.2 Å². The third kappa shape index (κ3) is 8.35. The Bertz CT molecular complexity index is 1070. The topological polar surface area (TPSA) is 94.1 Å². The Kier molecular flexibility index (Phi) is 12.7.